The highest BCUT2D eigenvalue weighted by Gasteiger charge is 2.41. The molecule has 1 aliphatic rings. The summed E-state index contributed by atoms with van der Waals surface area (Å²) in [5, 5.41) is 19.8. The minimum Gasteiger partial charge on any atom is -0.497 e. The van der Waals surface area contributed by atoms with Crippen LogP contribution < -0.4 is 15.4 Å². The molecule has 1 aromatic heterocycles. The van der Waals surface area contributed by atoms with Gasteiger partial charge in [0.25, 0.3) is 11.8 Å². The Morgan fingerprint density at radius 1 is 1.04 bits per heavy atom. The van der Waals surface area contributed by atoms with Crippen molar-refractivity contribution in [2.24, 2.45) is 0 Å². The molecule has 5 rings (SSSR count). The zero-order chi connectivity index (χ0) is 32.0. The van der Waals surface area contributed by atoms with Crippen molar-refractivity contribution < 1.29 is 27.9 Å². The van der Waals surface area contributed by atoms with E-state index < -0.39 is 45.7 Å². The van der Waals surface area contributed by atoms with E-state index in [0.29, 0.717) is 18.0 Å². The van der Waals surface area contributed by atoms with E-state index in [1.54, 1.807) is 25.3 Å². The second kappa shape index (κ2) is 14.3. The number of amides is 2. The van der Waals surface area contributed by atoms with Crippen LogP contribution in [-0.2, 0) is 22.8 Å². The summed E-state index contributed by atoms with van der Waals surface area (Å²) in [5.74, 6) is -0.828. The topological polar surface area (TPSA) is 138 Å². The van der Waals surface area contributed by atoms with Crippen molar-refractivity contribution in [3.63, 3.8) is 0 Å². The number of carbonyl (C=O) groups excluding carboxylic acids is 2. The van der Waals surface area contributed by atoms with Crippen LogP contribution in [0.15, 0.2) is 84.2 Å². The maximum Gasteiger partial charge on any atom is 0.255 e. The number of hydrogen-bond acceptors (Lipinski definition) is 9. The summed E-state index contributed by atoms with van der Waals surface area (Å²) in [6.45, 7) is 2.53. The molecule has 0 unspecified atom stereocenters. The molecule has 236 valence electrons. The minimum absolute atomic E-state index is 0.193. The predicted octanol–water partition coefficient (Wildman–Crippen LogP) is 3.52. The third-order valence-corrected chi connectivity index (χ3v) is 10.1. The number of hydrogen-bond donors (Lipinski definition) is 3. The van der Waals surface area contributed by atoms with Gasteiger partial charge >= 0.3 is 0 Å². The number of ether oxygens (including phenoxy) is 1. The molecule has 0 saturated carbocycles. The number of benzene rings is 3. The molecule has 2 heterocycles. The second-order valence-electron chi connectivity index (χ2n) is 11.1. The zero-order valence-electron chi connectivity index (χ0n) is 25.0. The number of aryl methyl sites for hydroxylation is 1. The van der Waals surface area contributed by atoms with Gasteiger partial charge in [-0.15, -0.1) is 11.3 Å². The van der Waals surface area contributed by atoms with Gasteiger partial charge in [0.2, 0.25) is 0 Å². The summed E-state index contributed by atoms with van der Waals surface area (Å²) < 4.78 is 30.4. The van der Waals surface area contributed by atoms with Gasteiger partial charge in [0, 0.05) is 35.3 Å². The molecule has 0 radical (unpaired) electrons. The molecule has 45 heavy (non-hydrogen) atoms. The van der Waals surface area contributed by atoms with Gasteiger partial charge in [-0.25, -0.2) is 13.4 Å². The first-order valence-electron chi connectivity index (χ1n) is 14.5. The number of nitrogens with zero attached hydrogens (tertiary/aromatic N) is 2. The van der Waals surface area contributed by atoms with E-state index in [9.17, 15) is 23.1 Å². The largest absolute Gasteiger partial charge is 0.497 e. The lowest BCUT2D eigenvalue weighted by molar-refractivity contribution is 0.0745. The molecule has 1 fully saturated rings. The van der Waals surface area contributed by atoms with Gasteiger partial charge in [-0.05, 0) is 54.8 Å². The van der Waals surface area contributed by atoms with Crippen LogP contribution in [-0.4, -0.2) is 72.7 Å². The Labute approximate surface area is 267 Å². The summed E-state index contributed by atoms with van der Waals surface area (Å²) in [6.07, 6.45) is -0.546. The van der Waals surface area contributed by atoms with E-state index in [-0.39, 0.29) is 23.4 Å². The van der Waals surface area contributed by atoms with Crippen molar-refractivity contribution in [1.29, 1.82) is 0 Å². The Morgan fingerprint density at radius 2 is 1.78 bits per heavy atom. The predicted molar refractivity (Wildman–Crippen MR) is 173 cm³/mol. The van der Waals surface area contributed by atoms with E-state index in [2.05, 4.69) is 15.6 Å². The molecule has 0 spiro atoms. The average Bonchev–Trinajstić information content (AvgIpc) is 3.62. The third-order valence-electron chi connectivity index (χ3n) is 7.57. The van der Waals surface area contributed by atoms with Crippen molar-refractivity contribution in [1.82, 2.24) is 20.5 Å². The quantitative estimate of drug-likeness (QED) is 0.212. The molecule has 3 atom stereocenters. The first-order chi connectivity index (χ1) is 21.6. The smallest absolute Gasteiger partial charge is 0.255 e. The summed E-state index contributed by atoms with van der Waals surface area (Å²) >= 11 is 1.32. The van der Waals surface area contributed by atoms with Crippen LogP contribution in [0, 0.1) is 6.92 Å². The average molecular weight is 649 g/mol. The number of aliphatic hydroxyl groups excluding tert-OH is 1. The number of aromatic nitrogens is 1. The Balaban J connectivity index is 1.30. The van der Waals surface area contributed by atoms with E-state index in [4.69, 9.17) is 4.74 Å². The van der Waals surface area contributed by atoms with Crippen LogP contribution in [0.4, 0.5) is 0 Å². The number of rotatable bonds is 12. The van der Waals surface area contributed by atoms with E-state index in [1.807, 2.05) is 66.9 Å². The van der Waals surface area contributed by atoms with Gasteiger partial charge in [-0.2, -0.15) is 0 Å². The molecule has 3 aromatic carbocycles. The van der Waals surface area contributed by atoms with Gasteiger partial charge in [-0.1, -0.05) is 48.5 Å². The summed E-state index contributed by atoms with van der Waals surface area (Å²) in [5.41, 5.74) is 3.10. The second-order valence-corrected chi connectivity index (χ2v) is 14.0. The molecular formula is C33H36N4O6S2. The molecule has 12 heteroatoms. The number of thiazole rings is 1. The van der Waals surface area contributed by atoms with Crippen LogP contribution in [0.5, 0.6) is 5.75 Å². The minimum atomic E-state index is -3.49. The first-order valence-corrected chi connectivity index (χ1v) is 17.2. The normalized spacial score (nSPS) is 17.0. The van der Waals surface area contributed by atoms with Gasteiger partial charge < -0.3 is 25.4 Å². The van der Waals surface area contributed by atoms with E-state index in [1.165, 1.54) is 22.3 Å². The van der Waals surface area contributed by atoms with Crippen molar-refractivity contribution in [3.05, 3.63) is 117 Å². The van der Waals surface area contributed by atoms with Crippen LogP contribution in [0.2, 0.25) is 0 Å². The molecule has 0 aliphatic carbocycles. The highest BCUT2D eigenvalue weighted by atomic mass is 32.2. The Hall–Kier alpha value is -4.10. The monoisotopic (exact) mass is 648 g/mol. The number of nitrogens with one attached hydrogen (secondary N) is 2. The highest BCUT2D eigenvalue weighted by molar-refractivity contribution is 7.91. The number of carbonyl (C=O) groups is 2. The van der Waals surface area contributed by atoms with Crippen molar-refractivity contribution in [2.75, 3.05) is 25.3 Å². The SMILES string of the molecule is COc1cccc(CNC[C@@H](O)[C@H](Cc2ccccc2)NC(=O)c2cccc(C(=O)N3CS(=O)(=O)C[C@@H]3c3nc(C)cs3)c2)c1. The molecule has 10 nitrogen and oxygen atoms in total. The van der Waals surface area contributed by atoms with Crippen LogP contribution in [0.25, 0.3) is 0 Å². The lowest BCUT2D eigenvalue weighted by atomic mass is 10.00. The van der Waals surface area contributed by atoms with E-state index >= 15 is 0 Å². The summed E-state index contributed by atoms with van der Waals surface area (Å²) in [6, 6.07) is 22.0. The fraction of sp³-hybridized carbons (Fsp3) is 0.303. The fourth-order valence-electron chi connectivity index (χ4n) is 5.27. The Kier molecular flexibility index (Phi) is 10.3. The lowest BCUT2D eigenvalue weighted by Gasteiger charge is -2.25. The van der Waals surface area contributed by atoms with Gasteiger partial charge in [-0.3, -0.25) is 9.59 Å². The maximum absolute atomic E-state index is 13.6. The molecule has 1 aliphatic heterocycles. The molecule has 3 N–H and O–H groups in total. The maximum atomic E-state index is 13.6. The summed E-state index contributed by atoms with van der Waals surface area (Å²) in [7, 11) is -1.89. The van der Waals surface area contributed by atoms with Crippen molar-refractivity contribution in [3.8, 4) is 5.75 Å². The number of methoxy groups -OCH3 is 1. The highest BCUT2D eigenvalue weighted by Crippen LogP contribution is 2.33. The zero-order valence-corrected chi connectivity index (χ0v) is 26.7. The van der Waals surface area contributed by atoms with Crippen LogP contribution >= 0.6 is 11.3 Å². The van der Waals surface area contributed by atoms with Crippen LogP contribution in [0.3, 0.4) is 0 Å². The first kappa shape index (κ1) is 32.3. The van der Waals surface area contributed by atoms with Gasteiger partial charge in [0.15, 0.2) is 9.84 Å². The van der Waals surface area contributed by atoms with Gasteiger partial charge in [0.1, 0.15) is 16.6 Å². The van der Waals surface area contributed by atoms with Gasteiger partial charge in [0.05, 0.1) is 31.1 Å². The summed E-state index contributed by atoms with van der Waals surface area (Å²) in [4.78, 5) is 32.8. The van der Waals surface area contributed by atoms with Crippen LogP contribution in [0.1, 0.15) is 48.6 Å². The third kappa shape index (κ3) is 8.34. The molecule has 0 bridgehead atoms. The van der Waals surface area contributed by atoms with Crippen molar-refractivity contribution in [2.45, 2.75) is 38.1 Å². The molecule has 1 saturated heterocycles. The van der Waals surface area contributed by atoms with Crippen molar-refractivity contribution >= 4 is 33.0 Å². The lowest BCUT2D eigenvalue weighted by Crippen LogP contribution is -2.48. The standard InChI is InChI=1S/C33H36N4O6S2/c1-22-19-44-32(35-22)29-20-45(41,42)21-37(29)33(40)26-12-7-11-25(16-26)31(39)36-28(15-23-8-4-3-5-9-23)30(38)18-34-17-24-10-6-13-27(14-24)43-2/h3-14,16,19,28-30,34,38H,15,17-18,20-21H2,1-2H3,(H,36,39)/t28-,29+,30+/m0/s1. The molecule has 4 aromatic rings. The Morgan fingerprint density at radius 3 is 2.51 bits per heavy atom. The van der Waals surface area contributed by atoms with E-state index in [0.717, 1.165) is 22.6 Å². The fourth-order valence-corrected chi connectivity index (χ4v) is 7.93. The molecule has 2 amide bonds. The molecular weight excluding hydrogens is 613 g/mol. The number of aliphatic hydroxyl groups is 1. The Bertz CT molecular complexity index is 1740. The number of sulfone groups is 1.